The molecule has 0 saturated heterocycles. The van der Waals surface area contributed by atoms with Crippen molar-refractivity contribution in [3.05, 3.63) is 127 Å². The monoisotopic (exact) mass is 472 g/mol. The molecule has 0 spiro atoms. The van der Waals surface area contributed by atoms with Gasteiger partial charge in [0.2, 0.25) is 0 Å². The van der Waals surface area contributed by atoms with Gasteiger partial charge >= 0.3 is 0 Å². The zero-order valence-corrected chi connectivity index (χ0v) is 19.8. The van der Waals surface area contributed by atoms with Gasteiger partial charge in [-0.15, -0.1) is 0 Å². The maximum Gasteiger partial charge on any atom is 0.136 e. The largest absolute Gasteiger partial charge is 0.456 e. The fourth-order valence-electron chi connectivity index (χ4n) is 5.19. The molecule has 172 valence electrons. The Labute approximate surface area is 213 Å². The fraction of sp³-hybridized carbons (Fsp3) is 0. The highest BCUT2D eigenvalue weighted by Gasteiger charge is 2.15. The summed E-state index contributed by atoms with van der Waals surface area (Å²) in [5.74, 6) is 0. The van der Waals surface area contributed by atoms with Crippen molar-refractivity contribution in [1.82, 2.24) is 4.98 Å². The second-order valence-electron chi connectivity index (χ2n) is 9.17. The van der Waals surface area contributed by atoms with Crippen molar-refractivity contribution in [1.29, 1.82) is 5.26 Å². The third-order valence-corrected chi connectivity index (χ3v) is 6.98. The lowest BCUT2D eigenvalue weighted by Crippen LogP contribution is -1.85. The van der Waals surface area contributed by atoms with E-state index < -0.39 is 0 Å². The second kappa shape index (κ2) is 8.48. The maximum absolute atomic E-state index is 9.22. The van der Waals surface area contributed by atoms with Gasteiger partial charge in [-0.1, -0.05) is 84.9 Å². The predicted molar refractivity (Wildman–Crippen MR) is 150 cm³/mol. The minimum Gasteiger partial charge on any atom is -0.456 e. The Morgan fingerprint density at radius 3 is 2.05 bits per heavy atom. The smallest absolute Gasteiger partial charge is 0.136 e. The number of fused-ring (bicyclic) bond motifs is 5. The maximum atomic E-state index is 9.22. The summed E-state index contributed by atoms with van der Waals surface area (Å²) in [5.41, 5.74) is 8.82. The SMILES string of the molecule is N#Cc1cncc(-c2ccc(-c3cc4oc5cc(-c6ccccc6)ccc5c4c4ccccc34)cc2)c1. The number of nitriles is 1. The Bertz CT molecular complexity index is 1980. The lowest BCUT2D eigenvalue weighted by molar-refractivity contribution is 0.669. The number of hydrogen-bond donors (Lipinski definition) is 0. The summed E-state index contributed by atoms with van der Waals surface area (Å²) >= 11 is 0. The molecule has 0 saturated carbocycles. The van der Waals surface area contributed by atoms with E-state index in [2.05, 4.69) is 108 Å². The minimum atomic E-state index is 0.554. The van der Waals surface area contributed by atoms with Crippen LogP contribution in [0.1, 0.15) is 5.56 Å². The van der Waals surface area contributed by atoms with Crippen LogP contribution in [0.2, 0.25) is 0 Å². The van der Waals surface area contributed by atoms with Crippen LogP contribution in [0.15, 0.2) is 126 Å². The molecule has 7 rings (SSSR count). The van der Waals surface area contributed by atoms with Crippen LogP contribution in [0.25, 0.3) is 66.1 Å². The van der Waals surface area contributed by atoms with Crippen molar-refractivity contribution < 1.29 is 4.42 Å². The minimum absolute atomic E-state index is 0.554. The quantitative estimate of drug-likeness (QED) is 0.258. The molecule has 0 aliphatic heterocycles. The van der Waals surface area contributed by atoms with E-state index in [1.807, 2.05) is 12.1 Å². The molecule has 0 aliphatic carbocycles. The van der Waals surface area contributed by atoms with Crippen LogP contribution in [-0.4, -0.2) is 4.98 Å². The van der Waals surface area contributed by atoms with E-state index in [4.69, 9.17) is 4.42 Å². The van der Waals surface area contributed by atoms with Crippen LogP contribution in [0.3, 0.4) is 0 Å². The number of rotatable bonds is 3. The van der Waals surface area contributed by atoms with Gasteiger partial charge in [0.25, 0.3) is 0 Å². The van der Waals surface area contributed by atoms with E-state index in [0.717, 1.165) is 49.8 Å². The van der Waals surface area contributed by atoms with Gasteiger partial charge in [-0.25, -0.2) is 0 Å². The van der Waals surface area contributed by atoms with Crippen LogP contribution in [-0.2, 0) is 0 Å². The number of pyridine rings is 1. The zero-order chi connectivity index (χ0) is 24.8. The van der Waals surface area contributed by atoms with E-state index in [9.17, 15) is 5.26 Å². The highest BCUT2D eigenvalue weighted by atomic mass is 16.3. The number of nitrogens with zero attached hydrogens (tertiary/aromatic N) is 2. The number of furan rings is 1. The van der Waals surface area contributed by atoms with E-state index in [1.54, 1.807) is 12.4 Å². The topological polar surface area (TPSA) is 49.8 Å². The van der Waals surface area contributed by atoms with Crippen molar-refractivity contribution in [3.63, 3.8) is 0 Å². The van der Waals surface area contributed by atoms with E-state index >= 15 is 0 Å². The van der Waals surface area contributed by atoms with E-state index in [1.165, 1.54) is 16.3 Å². The van der Waals surface area contributed by atoms with Crippen molar-refractivity contribution >= 4 is 32.7 Å². The Kier molecular flexibility index (Phi) is 4.84. The summed E-state index contributed by atoms with van der Waals surface area (Å²) in [6.07, 6.45) is 3.37. The van der Waals surface area contributed by atoms with E-state index in [-0.39, 0.29) is 0 Å². The first-order valence-corrected chi connectivity index (χ1v) is 12.2. The Morgan fingerprint density at radius 1 is 0.541 bits per heavy atom. The van der Waals surface area contributed by atoms with Gasteiger partial charge in [0.05, 0.1) is 5.56 Å². The van der Waals surface area contributed by atoms with Crippen LogP contribution < -0.4 is 0 Å². The zero-order valence-electron chi connectivity index (χ0n) is 19.8. The van der Waals surface area contributed by atoms with Gasteiger partial charge in [0.1, 0.15) is 17.2 Å². The third-order valence-electron chi connectivity index (χ3n) is 6.98. The van der Waals surface area contributed by atoms with Crippen molar-refractivity contribution in [2.75, 3.05) is 0 Å². The summed E-state index contributed by atoms with van der Waals surface area (Å²) in [6.45, 7) is 0. The first-order chi connectivity index (χ1) is 18.3. The molecule has 0 bridgehead atoms. The average Bonchev–Trinajstić information content (AvgIpc) is 3.35. The summed E-state index contributed by atoms with van der Waals surface area (Å²) in [5, 5.41) is 13.8. The lowest BCUT2D eigenvalue weighted by Gasteiger charge is -2.10. The molecule has 0 fully saturated rings. The molecule has 37 heavy (non-hydrogen) atoms. The van der Waals surface area contributed by atoms with Crippen LogP contribution >= 0.6 is 0 Å². The molecular weight excluding hydrogens is 452 g/mol. The van der Waals surface area contributed by atoms with Gasteiger partial charge in [-0.3, -0.25) is 4.98 Å². The average molecular weight is 473 g/mol. The summed E-state index contributed by atoms with van der Waals surface area (Å²) in [4.78, 5) is 4.20. The van der Waals surface area contributed by atoms with Crippen molar-refractivity contribution in [3.8, 4) is 39.4 Å². The lowest BCUT2D eigenvalue weighted by atomic mass is 9.93. The van der Waals surface area contributed by atoms with Crippen LogP contribution in [0.5, 0.6) is 0 Å². The summed E-state index contributed by atoms with van der Waals surface area (Å²) in [6, 6.07) is 40.0. The van der Waals surface area contributed by atoms with E-state index in [0.29, 0.717) is 5.56 Å². The third kappa shape index (κ3) is 3.55. The molecule has 3 nitrogen and oxygen atoms in total. The first kappa shape index (κ1) is 21.1. The molecule has 2 aromatic heterocycles. The summed E-state index contributed by atoms with van der Waals surface area (Å²) in [7, 11) is 0. The molecule has 3 heteroatoms. The Hall–Kier alpha value is -5.20. The Morgan fingerprint density at radius 2 is 1.24 bits per heavy atom. The predicted octanol–water partition coefficient (Wildman–Crippen LogP) is 9.01. The molecule has 0 amide bonds. The molecule has 5 aromatic carbocycles. The molecule has 0 N–H and O–H groups in total. The highest BCUT2D eigenvalue weighted by molar-refractivity contribution is 6.22. The molecule has 2 heterocycles. The van der Waals surface area contributed by atoms with Gasteiger partial charge < -0.3 is 4.42 Å². The molecule has 0 atom stereocenters. The Balaban J connectivity index is 1.39. The van der Waals surface area contributed by atoms with Gasteiger partial charge in [0.15, 0.2) is 0 Å². The van der Waals surface area contributed by atoms with Crippen molar-refractivity contribution in [2.24, 2.45) is 0 Å². The van der Waals surface area contributed by atoms with Gasteiger partial charge in [-0.05, 0) is 62.9 Å². The summed E-state index contributed by atoms with van der Waals surface area (Å²) < 4.78 is 6.46. The van der Waals surface area contributed by atoms with Gasteiger partial charge in [-0.2, -0.15) is 5.26 Å². The molecular formula is C34H20N2O. The molecule has 0 unspecified atom stereocenters. The second-order valence-corrected chi connectivity index (χ2v) is 9.17. The number of aromatic nitrogens is 1. The standard InChI is InChI=1S/C34H20N2O/c35-19-22-16-27(21-36-20-22)24-10-12-25(13-11-24)31-18-33-34(29-9-5-4-8-28(29)31)30-15-14-26(17-32(30)37-33)23-6-2-1-3-7-23/h1-18,20-21H. The first-order valence-electron chi connectivity index (χ1n) is 12.2. The number of benzene rings is 5. The molecule has 0 radical (unpaired) electrons. The number of hydrogen-bond acceptors (Lipinski definition) is 3. The highest BCUT2D eigenvalue weighted by Crippen LogP contribution is 2.41. The molecule has 7 aromatic rings. The fourth-order valence-corrected chi connectivity index (χ4v) is 5.19. The van der Waals surface area contributed by atoms with Crippen LogP contribution in [0, 0.1) is 11.3 Å². The van der Waals surface area contributed by atoms with Gasteiger partial charge in [0, 0.05) is 28.7 Å². The van der Waals surface area contributed by atoms with Crippen molar-refractivity contribution in [2.45, 2.75) is 0 Å². The molecule has 0 aliphatic rings. The normalized spacial score (nSPS) is 11.2. The van der Waals surface area contributed by atoms with Crippen LogP contribution in [0.4, 0.5) is 0 Å².